The predicted molar refractivity (Wildman–Crippen MR) is 98.0 cm³/mol. The van der Waals surface area contributed by atoms with Crippen molar-refractivity contribution in [1.29, 1.82) is 0 Å². The maximum absolute atomic E-state index is 14.2. The zero-order chi connectivity index (χ0) is 18.1. The number of hydrogen-bond donors (Lipinski definition) is 1. The molecule has 0 atom stereocenters. The van der Waals surface area contributed by atoms with Crippen LogP contribution < -0.4 is 4.90 Å². The van der Waals surface area contributed by atoms with Crippen molar-refractivity contribution in [1.82, 2.24) is 0 Å². The molecule has 0 spiro atoms. The molecule has 0 radical (unpaired) electrons. The summed E-state index contributed by atoms with van der Waals surface area (Å²) in [6.07, 6.45) is 0.890. The van der Waals surface area contributed by atoms with Crippen molar-refractivity contribution in [3.63, 3.8) is 0 Å². The van der Waals surface area contributed by atoms with Gasteiger partial charge >= 0.3 is 5.97 Å². The molecular weight excluding hydrogens is 409 g/mol. The molecule has 0 unspecified atom stereocenters. The van der Waals surface area contributed by atoms with E-state index in [2.05, 4.69) is 15.9 Å². The summed E-state index contributed by atoms with van der Waals surface area (Å²) in [4.78, 5) is 26.0. The van der Waals surface area contributed by atoms with E-state index < -0.39 is 17.7 Å². The molecule has 1 heterocycles. The first-order valence-electron chi connectivity index (χ1n) is 7.34. The van der Waals surface area contributed by atoms with Crippen molar-refractivity contribution < 1.29 is 19.1 Å². The minimum absolute atomic E-state index is 0.0198. The molecule has 1 aliphatic heterocycles. The maximum atomic E-state index is 14.2. The fourth-order valence-electron chi connectivity index (χ4n) is 2.51. The van der Waals surface area contributed by atoms with Gasteiger partial charge in [-0.2, -0.15) is 0 Å². The quantitative estimate of drug-likeness (QED) is 0.740. The maximum Gasteiger partial charge on any atom is 0.329 e. The lowest BCUT2D eigenvalue weighted by Gasteiger charge is -2.30. The highest BCUT2D eigenvalue weighted by Crippen LogP contribution is 2.42. The van der Waals surface area contributed by atoms with E-state index in [1.807, 2.05) is 25.1 Å². The Labute approximate surface area is 156 Å². The number of carboxylic acids is 1. The molecule has 2 aromatic carbocycles. The number of amides is 1. The molecule has 3 rings (SSSR count). The van der Waals surface area contributed by atoms with Crippen LogP contribution in [-0.4, -0.2) is 17.0 Å². The first-order valence-corrected chi connectivity index (χ1v) is 8.95. The normalized spacial score (nSPS) is 15.4. The van der Waals surface area contributed by atoms with E-state index in [4.69, 9.17) is 5.11 Å². The van der Waals surface area contributed by atoms with Crippen molar-refractivity contribution in [2.24, 2.45) is 0 Å². The Bertz CT molecular complexity index is 913. The van der Waals surface area contributed by atoms with Crippen LogP contribution in [-0.2, 0) is 16.1 Å². The van der Waals surface area contributed by atoms with Crippen LogP contribution in [0.15, 0.2) is 56.7 Å². The van der Waals surface area contributed by atoms with Gasteiger partial charge in [0.1, 0.15) is 5.82 Å². The third kappa shape index (κ3) is 3.77. The Morgan fingerprint density at radius 3 is 2.76 bits per heavy atom. The summed E-state index contributed by atoms with van der Waals surface area (Å²) in [6, 6.07) is 10.2. The molecule has 0 fully saturated rings. The molecule has 1 N–H and O–H groups in total. The minimum Gasteiger partial charge on any atom is -0.478 e. The number of anilines is 1. The summed E-state index contributed by atoms with van der Waals surface area (Å²) < 4.78 is 14.8. The van der Waals surface area contributed by atoms with Crippen molar-refractivity contribution in [3.05, 3.63) is 68.8 Å². The smallest absolute Gasteiger partial charge is 0.329 e. The number of fused-ring (bicyclic) bond motifs is 1. The van der Waals surface area contributed by atoms with Gasteiger partial charge in [-0.3, -0.25) is 4.79 Å². The molecule has 1 amide bonds. The predicted octanol–water partition coefficient (Wildman–Crippen LogP) is 4.50. The van der Waals surface area contributed by atoms with Gasteiger partial charge in [0.2, 0.25) is 0 Å². The second-order valence-electron chi connectivity index (χ2n) is 5.55. The lowest BCUT2D eigenvalue weighted by molar-refractivity contribution is -0.131. The summed E-state index contributed by atoms with van der Waals surface area (Å²) in [7, 11) is 0. The van der Waals surface area contributed by atoms with Crippen molar-refractivity contribution >= 4 is 45.3 Å². The Balaban J connectivity index is 2.07. The van der Waals surface area contributed by atoms with Gasteiger partial charge in [-0.05, 0) is 36.8 Å². The van der Waals surface area contributed by atoms with Gasteiger partial charge in [-0.25, -0.2) is 9.18 Å². The largest absolute Gasteiger partial charge is 0.478 e. The lowest BCUT2D eigenvalue weighted by Crippen LogP contribution is -2.34. The average Bonchev–Trinajstić information content (AvgIpc) is 2.53. The number of benzene rings is 2. The van der Waals surface area contributed by atoms with E-state index in [9.17, 15) is 14.0 Å². The van der Waals surface area contributed by atoms with Crippen LogP contribution in [0.1, 0.15) is 11.1 Å². The number of nitrogens with zero attached hydrogens (tertiary/aromatic N) is 1. The highest BCUT2D eigenvalue weighted by molar-refractivity contribution is 9.10. The summed E-state index contributed by atoms with van der Waals surface area (Å²) in [5.74, 6) is -2.08. The molecule has 0 bridgehead atoms. The molecule has 0 aromatic heterocycles. The number of carbonyl (C=O) groups excluding carboxylic acids is 1. The van der Waals surface area contributed by atoms with Gasteiger partial charge in [-0.1, -0.05) is 39.8 Å². The van der Waals surface area contributed by atoms with Gasteiger partial charge < -0.3 is 10.0 Å². The Hall–Kier alpha value is -2.12. The van der Waals surface area contributed by atoms with Crippen LogP contribution >= 0.6 is 27.7 Å². The summed E-state index contributed by atoms with van der Waals surface area (Å²) in [5, 5.41) is 9.00. The van der Waals surface area contributed by atoms with E-state index in [0.29, 0.717) is 15.7 Å². The van der Waals surface area contributed by atoms with E-state index in [1.54, 1.807) is 12.1 Å². The van der Waals surface area contributed by atoms with E-state index in [-0.39, 0.29) is 11.4 Å². The summed E-state index contributed by atoms with van der Waals surface area (Å²) in [6.45, 7) is 1.92. The molecule has 0 saturated heterocycles. The second kappa shape index (κ2) is 7.01. The van der Waals surface area contributed by atoms with Crippen molar-refractivity contribution in [2.45, 2.75) is 18.4 Å². The van der Waals surface area contributed by atoms with Crippen LogP contribution in [0.3, 0.4) is 0 Å². The van der Waals surface area contributed by atoms with Crippen LogP contribution in [0.4, 0.5) is 10.1 Å². The van der Waals surface area contributed by atoms with Gasteiger partial charge in [-0.15, -0.1) is 0 Å². The molecule has 128 valence electrons. The Morgan fingerprint density at radius 2 is 2.08 bits per heavy atom. The number of rotatable bonds is 3. The Morgan fingerprint density at radius 1 is 1.32 bits per heavy atom. The number of aliphatic carboxylic acids is 1. The first kappa shape index (κ1) is 17.7. The average molecular weight is 422 g/mol. The third-order valence-electron chi connectivity index (χ3n) is 3.68. The number of aryl methyl sites for hydroxylation is 1. The van der Waals surface area contributed by atoms with Crippen molar-refractivity contribution in [2.75, 3.05) is 4.90 Å². The lowest BCUT2D eigenvalue weighted by atomic mass is 10.1. The molecule has 0 aliphatic carbocycles. The zero-order valence-corrected chi connectivity index (χ0v) is 15.5. The topological polar surface area (TPSA) is 57.6 Å². The van der Waals surface area contributed by atoms with Gasteiger partial charge in [0, 0.05) is 21.0 Å². The third-order valence-corrected chi connectivity index (χ3v) is 5.25. The number of carbonyl (C=O) groups is 2. The zero-order valence-electron chi connectivity index (χ0n) is 13.1. The van der Waals surface area contributed by atoms with Gasteiger partial charge in [0.15, 0.2) is 0 Å². The SMILES string of the molecule is Cc1ccc2c(c1)N(Cc1ccc(Br)cc1F)C(=O)/C(=C/C(=O)O)S2. The summed E-state index contributed by atoms with van der Waals surface area (Å²) >= 11 is 4.32. The van der Waals surface area contributed by atoms with E-state index in [1.165, 1.54) is 11.0 Å². The number of thioether (sulfide) groups is 1. The van der Waals surface area contributed by atoms with Crippen LogP contribution in [0.2, 0.25) is 0 Å². The molecule has 7 heteroatoms. The fourth-order valence-corrected chi connectivity index (χ4v) is 3.85. The fraction of sp³-hybridized carbons (Fsp3) is 0.111. The molecule has 4 nitrogen and oxygen atoms in total. The van der Waals surface area contributed by atoms with Crippen LogP contribution in [0.25, 0.3) is 0 Å². The summed E-state index contributed by atoms with van der Waals surface area (Å²) in [5.41, 5.74) is 1.96. The Kier molecular flexibility index (Phi) is 4.96. The van der Waals surface area contributed by atoms with Crippen molar-refractivity contribution in [3.8, 4) is 0 Å². The van der Waals surface area contributed by atoms with Gasteiger partial charge in [0.05, 0.1) is 17.1 Å². The highest BCUT2D eigenvalue weighted by atomic mass is 79.9. The van der Waals surface area contributed by atoms with Gasteiger partial charge in [0.25, 0.3) is 5.91 Å². The minimum atomic E-state index is -1.19. The van der Waals surface area contributed by atoms with E-state index >= 15 is 0 Å². The molecule has 1 aliphatic rings. The first-order chi connectivity index (χ1) is 11.8. The molecule has 2 aromatic rings. The van der Waals surface area contributed by atoms with Crippen LogP contribution in [0.5, 0.6) is 0 Å². The second-order valence-corrected chi connectivity index (χ2v) is 7.55. The standard InChI is InChI=1S/C18H13BrFNO3S/c1-10-2-5-15-14(6-10)21(18(24)16(25-15)8-17(22)23)9-11-3-4-12(19)7-13(11)20/h2-8H,9H2,1H3,(H,22,23)/b16-8-. The van der Waals surface area contributed by atoms with E-state index in [0.717, 1.165) is 28.3 Å². The number of halogens is 2. The molecule has 25 heavy (non-hydrogen) atoms. The number of hydrogen-bond acceptors (Lipinski definition) is 3. The highest BCUT2D eigenvalue weighted by Gasteiger charge is 2.30. The molecule has 0 saturated carbocycles. The monoisotopic (exact) mass is 421 g/mol. The van der Waals surface area contributed by atoms with Crippen LogP contribution in [0, 0.1) is 12.7 Å². The number of carboxylic acid groups (broad SMARTS) is 1. The molecular formula is C18H13BrFNO3S.